The Hall–Kier alpha value is -2.56. The van der Waals surface area contributed by atoms with Crippen molar-refractivity contribution in [3.05, 3.63) is 35.4 Å². The second-order valence-electron chi connectivity index (χ2n) is 4.59. The second-order valence-corrected chi connectivity index (χ2v) is 4.59. The largest absolute Gasteiger partial charge is 0.416 e. The van der Waals surface area contributed by atoms with Gasteiger partial charge in [0.1, 0.15) is 6.04 Å². The minimum atomic E-state index is -4.44. The number of halogens is 3. The fourth-order valence-electron chi connectivity index (χ4n) is 1.74. The first-order chi connectivity index (χ1) is 10.2. The SMILES string of the molecule is N#CCC[C@@H](NC(=O)Cc1ccc(C(F)(F)F)cc1)C(N)=O. The summed E-state index contributed by atoms with van der Waals surface area (Å²) in [5.41, 5.74) is 4.66. The Morgan fingerprint density at radius 2 is 1.86 bits per heavy atom. The van der Waals surface area contributed by atoms with Gasteiger partial charge in [-0.15, -0.1) is 0 Å². The topological polar surface area (TPSA) is 96.0 Å². The molecule has 1 aromatic carbocycles. The molecule has 0 aromatic heterocycles. The van der Waals surface area contributed by atoms with Gasteiger partial charge in [0.15, 0.2) is 0 Å². The van der Waals surface area contributed by atoms with E-state index < -0.39 is 29.6 Å². The van der Waals surface area contributed by atoms with Gasteiger partial charge in [-0.25, -0.2) is 0 Å². The molecule has 0 aliphatic heterocycles. The van der Waals surface area contributed by atoms with Crippen molar-refractivity contribution in [2.45, 2.75) is 31.5 Å². The van der Waals surface area contributed by atoms with E-state index in [0.717, 1.165) is 12.1 Å². The molecule has 0 radical (unpaired) electrons. The number of nitrogens with two attached hydrogens (primary N) is 1. The standard InChI is InChI=1S/C14H14F3N3O2/c15-14(16,17)10-5-3-9(4-6-10)8-12(21)20-11(13(19)22)2-1-7-18/h3-6,11H,1-2,8H2,(H2,19,22)(H,20,21)/t11-/m1/s1. The maximum absolute atomic E-state index is 12.4. The number of hydrogen-bond acceptors (Lipinski definition) is 3. The summed E-state index contributed by atoms with van der Waals surface area (Å²) >= 11 is 0. The van der Waals surface area contributed by atoms with Crippen molar-refractivity contribution in [2.75, 3.05) is 0 Å². The predicted molar refractivity (Wildman–Crippen MR) is 71.1 cm³/mol. The lowest BCUT2D eigenvalue weighted by Gasteiger charge is -2.14. The lowest BCUT2D eigenvalue weighted by Crippen LogP contribution is -2.44. The Morgan fingerprint density at radius 3 is 2.32 bits per heavy atom. The van der Waals surface area contributed by atoms with E-state index in [0.29, 0.717) is 5.56 Å². The summed E-state index contributed by atoms with van der Waals surface area (Å²) in [5.74, 6) is -1.32. The summed E-state index contributed by atoms with van der Waals surface area (Å²) in [4.78, 5) is 22.9. The molecule has 2 amide bonds. The molecule has 1 aromatic rings. The fourth-order valence-corrected chi connectivity index (χ4v) is 1.74. The van der Waals surface area contributed by atoms with Crippen molar-refractivity contribution in [3.63, 3.8) is 0 Å². The normalized spacial score (nSPS) is 12.3. The van der Waals surface area contributed by atoms with Crippen LogP contribution in [0, 0.1) is 11.3 Å². The Bertz CT molecular complexity index is 576. The second kappa shape index (κ2) is 7.45. The quantitative estimate of drug-likeness (QED) is 0.833. The Labute approximate surface area is 124 Å². The number of nitrogens with one attached hydrogen (secondary N) is 1. The molecule has 0 heterocycles. The highest BCUT2D eigenvalue weighted by Crippen LogP contribution is 2.29. The predicted octanol–water partition coefficient (Wildman–Crippen LogP) is 1.52. The van der Waals surface area contributed by atoms with Gasteiger partial charge in [0, 0.05) is 6.42 Å². The van der Waals surface area contributed by atoms with Crippen molar-refractivity contribution in [2.24, 2.45) is 5.73 Å². The monoisotopic (exact) mass is 313 g/mol. The lowest BCUT2D eigenvalue weighted by molar-refractivity contribution is -0.137. The van der Waals surface area contributed by atoms with Gasteiger partial charge in [0.05, 0.1) is 18.1 Å². The molecular formula is C14H14F3N3O2. The number of carbonyl (C=O) groups is 2. The molecule has 5 nitrogen and oxygen atoms in total. The van der Waals surface area contributed by atoms with Crippen LogP contribution < -0.4 is 11.1 Å². The number of hydrogen-bond donors (Lipinski definition) is 2. The van der Waals surface area contributed by atoms with Gasteiger partial charge < -0.3 is 11.1 Å². The molecule has 0 saturated heterocycles. The van der Waals surface area contributed by atoms with Crippen LogP contribution >= 0.6 is 0 Å². The highest BCUT2D eigenvalue weighted by Gasteiger charge is 2.30. The zero-order valence-electron chi connectivity index (χ0n) is 11.5. The van der Waals surface area contributed by atoms with Crippen LogP contribution in [0.4, 0.5) is 13.2 Å². The van der Waals surface area contributed by atoms with Crippen LogP contribution in [0.2, 0.25) is 0 Å². The number of primary amides is 1. The number of carbonyl (C=O) groups excluding carboxylic acids is 2. The third-order valence-corrected chi connectivity index (χ3v) is 2.87. The third-order valence-electron chi connectivity index (χ3n) is 2.87. The molecule has 0 aliphatic carbocycles. The van der Waals surface area contributed by atoms with Gasteiger partial charge in [-0.1, -0.05) is 12.1 Å². The van der Waals surface area contributed by atoms with Crippen LogP contribution in [0.1, 0.15) is 24.0 Å². The van der Waals surface area contributed by atoms with E-state index in [1.807, 2.05) is 6.07 Å². The first-order valence-corrected chi connectivity index (χ1v) is 6.36. The molecule has 0 aliphatic rings. The van der Waals surface area contributed by atoms with Crippen LogP contribution in [0.3, 0.4) is 0 Å². The van der Waals surface area contributed by atoms with Crippen LogP contribution in [-0.4, -0.2) is 17.9 Å². The first kappa shape index (κ1) is 17.5. The molecular weight excluding hydrogens is 299 g/mol. The van der Waals surface area contributed by atoms with Gasteiger partial charge in [-0.05, 0) is 24.1 Å². The van der Waals surface area contributed by atoms with Gasteiger partial charge >= 0.3 is 6.18 Å². The number of nitrogens with zero attached hydrogens (tertiary/aromatic N) is 1. The van der Waals surface area contributed by atoms with Crippen molar-refractivity contribution >= 4 is 11.8 Å². The van der Waals surface area contributed by atoms with Gasteiger partial charge in [0.2, 0.25) is 11.8 Å². The van der Waals surface area contributed by atoms with E-state index in [1.54, 1.807) is 0 Å². The zero-order valence-corrected chi connectivity index (χ0v) is 11.5. The van der Waals surface area contributed by atoms with Crippen LogP contribution in [-0.2, 0) is 22.2 Å². The van der Waals surface area contributed by atoms with E-state index in [9.17, 15) is 22.8 Å². The molecule has 0 fully saturated rings. The molecule has 1 atom stereocenters. The average molecular weight is 313 g/mol. The third kappa shape index (κ3) is 5.44. The smallest absolute Gasteiger partial charge is 0.368 e. The van der Waals surface area contributed by atoms with Crippen molar-refractivity contribution in [1.82, 2.24) is 5.32 Å². The van der Waals surface area contributed by atoms with Crippen LogP contribution in [0.15, 0.2) is 24.3 Å². The van der Waals surface area contributed by atoms with Gasteiger partial charge in [-0.3, -0.25) is 9.59 Å². The van der Waals surface area contributed by atoms with Crippen LogP contribution in [0.5, 0.6) is 0 Å². The highest BCUT2D eigenvalue weighted by atomic mass is 19.4. The number of amides is 2. The minimum Gasteiger partial charge on any atom is -0.368 e. The molecule has 118 valence electrons. The summed E-state index contributed by atoms with van der Waals surface area (Å²) < 4.78 is 37.2. The minimum absolute atomic E-state index is 0.0498. The Kier molecular flexibility index (Phi) is 5.92. The van der Waals surface area contributed by atoms with Crippen molar-refractivity contribution < 1.29 is 22.8 Å². The summed E-state index contributed by atoms with van der Waals surface area (Å²) in [6.45, 7) is 0. The van der Waals surface area contributed by atoms with E-state index in [4.69, 9.17) is 11.0 Å². The average Bonchev–Trinajstić information content (AvgIpc) is 2.42. The van der Waals surface area contributed by atoms with E-state index >= 15 is 0 Å². The fraction of sp³-hybridized carbons (Fsp3) is 0.357. The maximum atomic E-state index is 12.4. The lowest BCUT2D eigenvalue weighted by atomic mass is 10.1. The summed E-state index contributed by atoms with van der Waals surface area (Å²) in [6, 6.07) is 5.00. The van der Waals surface area contributed by atoms with E-state index in [2.05, 4.69) is 5.32 Å². The molecule has 0 spiro atoms. The maximum Gasteiger partial charge on any atom is 0.416 e. The molecule has 0 unspecified atom stereocenters. The number of benzene rings is 1. The molecule has 0 bridgehead atoms. The molecule has 22 heavy (non-hydrogen) atoms. The molecule has 8 heteroatoms. The summed E-state index contributed by atoms with van der Waals surface area (Å²) in [7, 11) is 0. The van der Waals surface area contributed by atoms with Crippen molar-refractivity contribution in [1.29, 1.82) is 5.26 Å². The van der Waals surface area contributed by atoms with Gasteiger partial charge in [0.25, 0.3) is 0 Å². The zero-order chi connectivity index (χ0) is 16.8. The van der Waals surface area contributed by atoms with Gasteiger partial charge in [-0.2, -0.15) is 18.4 Å². The summed E-state index contributed by atoms with van der Waals surface area (Å²) in [6.07, 6.45) is -4.48. The number of rotatable bonds is 6. The molecule has 3 N–H and O–H groups in total. The first-order valence-electron chi connectivity index (χ1n) is 6.36. The van der Waals surface area contributed by atoms with E-state index in [1.165, 1.54) is 12.1 Å². The Balaban J connectivity index is 2.64. The van der Waals surface area contributed by atoms with Crippen LogP contribution in [0.25, 0.3) is 0 Å². The number of nitriles is 1. The van der Waals surface area contributed by atoms with Crippen molar-refractivity contribution in [3.8, 4) is 6.07 Å². The summed E-state index contributed by atoms with van der Waals surface area (Å²) in [5, 5.41) is 10.8. The highest BCUT2D eigenvalue weighted by molar-refractivity contribution is 5.87. The Morgan fingerprint density at radius 1 is 1.27 bits per heavy atom. The number of alkyl halides is 3. The molecule has 0 saturated carbocycles. The van der Waals surface area contributed by atoms with E-state index in [-0.39, 0.29) is 19.3 Å². The molecule has 1 rings (SSSR count).